The minimum Gasteiger partial charge on any atom is -0.508 e. The van der Waals surface area contributed by atoms with E-state index in [-0.39, 0.29) is 5.75 Å². The van der Waals surface area contributed by atoms with Crippen molar-refractivity contribution < 1.29 is 5.11 Å². The molecule has 2 rings (SSSR count). The van der Waals surface area contributed by atoms with Crippen LogP contribution in [0.3, 0.4) is 0 Å². The molecule has 0 aliphatic rings. The van der Waals surface area contributed by atoms with Gasteiger partial charge in [-0.1, -0.05) is 18.2 Å². The van der Waals surface area contributed by atoms with Gasteiger partial charge in [-0.25, -0.2) is 0 Å². The summed E-state index contributed by atoms with van der Waals surface area (Å²) in [6.07, 6.45) is 0. The van der Waals surface area contributed by atoms with Gasteiger partial charge in [-0.2, -0.15) is 5.26 Å². The summed E-state index contributed by atoms with van der Waals surface area (Å²) >= 11 is 0. The first kappa shape index (κ1) is 11.0. The Balaban J connectivity index is 2.44. The van der Waals surface area contributed by atoms with Crippen molar-refractivity contribution in [1.82, 2.24) is 0 Å². The van der Waals surface area contributed by atoms with E-state index in [1.807, 2.05) is 36.2 Å². The number of rotatable bonds is 2. The maximum absolute atomic E-state index is 9.44. The van der Waals surface area contributed by atoms with Gasteiger partial charge >= 0.3 is 0 Å². The molecule has 0 spiro atoms. The molecule has 0 aliphatic heterocycles. The summed E-state index contributed by atoms with van der Waals surface area (Å²) in [6, 6.07) is 16.5. The van der Waals surface area contributed by atoms with E-state index >= 15 is 0 Å². The Morgan fingerprint density at radius 2 is 1.88 bits per heavy atom. The molecular weight excluding hydrogens is 212 g/mol. The number of aromatic hydroxyl groups is 1. The van der Waals surface area contributed by atoms with Crippen molar-refractivity contribution in [3.8, 4) is 11.8 Å². The monoisotopic (exact) mass is 224 g/mol. The first-order valence-electron chi connectivity index (χ1n) is 5.24. The smallest absolute Gasteiger partial charge is 0.117 e. The van der Waals surface area contributed by atoms with Gasteiger partial charge in [0.15, 0.2) is 0 Å². The molecule has 17 heavy (non-hydrogen) atoms. The van der Waals surface area contributed by atoms with Gasteiger partial charge in [0.25, 0.3) is 0 Å². The van der Waals surface area contributed by atoms with Crippen molar-refractivity contribution in [1.29, 1.82) is 5.26 Å². The van der Waals surface area contributed by atoms with Gasteiger partial charge in [0.05, 0.1) is 11.3 Å². The van der Waals surface area contributed by atoms with Crippen molar-refractivity contribution in [2.75, 3.05) is 11.9 Å². The second-order valence-electron chi connectivity index (χ2n) is 3.71. The molecule has 0 fully saturated rings. The highest BCUT2D eigenvalue weighted by molar-refractivity contribution is 5.69. The Morgan fingerprint density at radius 1 is 1.12 bits per heavy atom. The summed E-state index contributed by atoms with van der Waals surface area (Å²) in [5, 5.41) is 18.5. The average molecular weight is 224 g/mol. The minimum atomic E-state index is 0.212. The van der Waals surface area contributed by atoms with Gasteiger partial charge in [-0.3, -0.25) is 0 Å². The Kier molecular flexibility index (Phi) is 2.97. The zero-order valence-corrected chi connectivity index (χ0v) is 9.46. The molecule has 2 aromatic carbocycles. The molecule has 1 N–H and O–H groups in total. The highest BCUT2D eigenvalue weighted by Gasteiger charge is 2.08. The molecule has 0 aromatic heterocycles. The first-order valence-corrected chi connectivity index (χ1v) is 5.24. The lowest BCUT2D eigenvalue weighted by Gasteiger charge is -2.20. The fourth-order valence-electron chi connectivity index (χ4n) is 1.70. The molecule has 0 bridgehead atoms. The molecule has 0 atom stereocenters. The van der Waals surface area contributed by atoms with Gasteiger partial charge in [-0.15, -0.1) is 0 Å². The van der Waals surface area contributed by atoms with Crippen LogP contribution >= 0.6 is 0 Å². The van der Waals surface area contributed by atoms with Crippen molar-refractivity contribution in [3.63, 3.8) is 0 Å². The molecule has 84 valence electrons. The molecular formula is C14H12N2O. The summed E-state index contributed by atoms with van der Waals surface area (Å²) in [6.45, 7) is 0. The van der Waals surface area contributed by atoms with E-state index in [1.54, 1.807) is 24.3 Å². The largest absolute Gasteiger partial charge is 0.508 e. The minimum absolute atomic E-state index is 0.212. The number of phenolic OH excluding ortho intramolecular Hbond substituents is 1. The Hall–Kier alpha value is -2.47. The van der Waals surface area contributed by atoms with Crippen molar-refractivity contribution in [2.45, 2.75) is 0 Å². The van der Waals surface area contributed by atoms with Gasteiger partial charge in [0, 0.05) is 18.8 Å². The van der Waals surface area contributed by atoms with Crippen LogP contribution in [0, 0.1) is 11.3 Å². The molecule has 0 aliphatic carbocycles. The van der Waals surface area contributed by atoms with E-state index in [9.17, 15) is 5.11 Å². The average Bonchev–Trinajstić information content (AvgIpc) is 2.38. The lowest BCUT2D eigenvalue weighted by molar-refractivity contribution is 0.475. The van der Waals surface area contributed by atoms with Gasteiger partial charge < -0.3 is 10.0 Å². The second-order valence-corrected chi connectivity index (χ2v) is 3.71. The maximum Gasteiger partial charge on any atom is 0.117 e. The Morgan fingerprint density at radius 3 is 2.59 bits per heavy atom. The summed E-state index contributed by atoms with van der Waals surface area (Å²) in [7, 11) is 1.87. The SMILES string of the molecule is CN(c1cccc(O)c1)c1ccccc1C#N. The lowest BCUT2D eigenvalue weighted by atomic mass is 10.1. The van der Waals surface area contributed by atoms with Crippen molar-refractivity contribution in [3.05, 3.63) is 54.1 Å². The van der Waals surface area contributed by atoms with Gasteiger partial charge in [0.1, 0.15) is 11.8 Å². The number of nitrogens with zero attached hydrogens (tertiary/aromatic N) is 2. The summed E-state index contributed by atoms with van der Waals surface area (Å²) in [5.74, 6) is 0.212. The highest BCUT2D eigenvalue weighted by atomic mass is 16.3. The standard InChI is InChI=1S/C14H12N2O/c1-16(12-6-4-7-13(17)9-12)14-8-3-2-5-11(14)10-15/h2-9,17H,1H3. The molecule has 2 aromatic rings. The zero-order chi connectivity index (χ0) is 12.3. The first-order chi connectivity index (χ1) is 8.22. The van der Waals surface area contributed by atoms with Gasteiger partial charge in [-0.05, 0) is 24.3 Å². The van der Waals surface area contributed by atoms with E-state index < -0.39 is 0 Å². The third-order valence-electron chi connectivity index (χ3n) is 2.60. The van der Waals surface area contributed by atoms with Crippen LogP contribution in [-0.4, -0.2) is 12.2 Å². The van der Waals surface area contributed by atoms with Crippen LogP contribution in [-0.2, 0) is 0 Å². The van der Waals surface area contributed by atoms with Crippen LogP contribution in [0.4, 0.5) is 11.4 Å². The number of para-hydroxylation sites is 1. The van der Waals surface area contributed by atoms with Crippen molar-refractivity contribution >= 4 is 11.4 Å². The van der Waals surface area contributed by atoms with Gasteiger partial charge in [0.2, 0.25) is 0 Å². The van der Waals surface area contributed by atoms with E-state index in [2.05, 4.69) is 6.07 Å². The van der Waals surface area contributed by atoms with Crippen LogP contribution in [0.5, 0.6) is 5.75 Å². The third kappa shape index (κ3) is 2.21. The summed E-state index contributed by atoms with van der Waals surface area (Å²) in [5.41, 5.74) is 2.27. The summed E-state index contributed by atoms with van der Waals surface area (Å²) in [4.78, 5) is 1.87. The number of nitriles is 1. The molecule has 3 nitrogen and oxygen atoms in total. The third-order valence-corrected chi connectivity index (χ3v) is 2.60. The Labute approximate surface area is 100 Å². The molecule has 0 radical (unpaired) electrons. The molecule has 0 amide bonds. The maximum atomic E-state index is 9.44. The number of anilines is 2. The van der Waals surface area contributed by atoms with E-state index in [0.717, 1.165) is 11.4 Å². The predicted octanol–water partition coefficient (Wildman–Crippen LogP) is 3.03. The molecule has 0 unspecified atom stereocenters. The number of hydrogen-bond acceptors (Lipinski definition) is 3. The Bertz CT molecular complexity index is 572. The topological polar surface area (TPSA) is 47.3 Å². The molecule has 0 saturated carbocycles. The number of phenols is 1. The summed E-state index contributed by atoms with van der Waals surface area (Å²) < 4.78 is 0. The van der Waals surface area contributed by atoms with Crippen LogP contribution in [0.1, 0.15) is 5.56 Å². The second kappa shape index (κ2) is 4.58. The number of hydrogen-bond donors (Lipinski definition) is 1. The molecule has 0 heterocycles. The van der Waals surface area contributed by atoms with Crippen molar-refractivity contribution in [2.24, 2.45) is 0 Å². The predicted molar refractivity (Wildman–Crippen MR) is 67.3 cm³/mol. The lowest BCUT2D eigenvalue weighted by Crippen LogP contribution is -2.10. The van der Waals surface area contributed by atoms with Crippen LogP contribution < -0.4 is 4.90 Å². The zero-order valence-electron chi connectivity index (χ0n) is 9.46. The quantitative estimate of drug-likeness (QED) is 0.852. The molecule has 3 heteroatoms. The number of benzene rings is 2. The van der Waals surface area contributed by atoms with Crippen LogP contribution in [0.15, 0.2) is 48.5 Å². The molecule has 0 saturated heterocycles. The van der Waals surface area contributed by atoms with Crippen LogP contribution in [0.2, 0.25) is 0 Å². The van der Waals surface area contributed by atoms with E-state index in [4.69, 9.17) is 5.26 Å². The highest BCUT2D eigenvalue weighted by Crippen LogP contribution is 2.28. The van der Waals surface area contributed by atoms with E-state index in [1.165, 1.54) is 0 Å². The normalized spacial score (nSPS) is 9.65. The fourth-order valence-corrected chi connectivity index (χ4v) is 1.70. The van der Waals surface area contributed by atoms with E-state index in [0.29, 0.717) is 5.56 Å². The fraction of sp³-hybridized carbons (Fsp3) is 0.0714. The van der Waals surface area contributed by atoms with Crippen LogP contribution in [0.25, 0.3) is 0 Å².